The van der Waals surface area contributed by atoms with Crippen molar-refractivity contribution in [3.63, 3.8) is 0 Å². The van der Waals surface area contributed by atoms with Gasteiger partial charge in [-0.3, -0.25) is 0 Å². The van der Waals surface area contributed by atoms with Crippen LogP contribution in [0.25, 0.3) is 16.7 Å². The fraction of sp³-hybridized carbons (Fsp3) is 0.0833. The summed E-state index contributed by atoms with van der Waals surface area (Å²) in [5.74, 6) is 0.843. The first-order valence-electron chi connectivity index (χ1n) is 5.74. The Morgan fingerprint density at radius 2 is 2.40 bits per heavy atom. The molecule has 8 nitrogen and oxygen atoms in total. The quantitative estimate of drug-likeness (QED) is 0.692. The second-order valence-electron chi connectivity index (χ2n) is 3.96. The van der Waals surface area contributed by atoms with Crippen molar-refractivity contribution >= 4 is 22.4 Å². The highest BCUT2D eigenvalue weighted by atomic mass is 16.3. The molecule has 0 radical (unpaired) electrons. The zero-order valence-electron chi connectivity index (χ0n) is 10.5. The van der Waals surface area contributed by atoms with Gasteiger partial charge in [-0.1, -0.05) is 0 Å². The third-order valence-electron chi connectivity index (χ3n) is 2.58. The molecular formula is C12H9N7O. The van der Waals surface area contributed by atoms with Crippen LogP contribution in [0.15, 0.2) is 28.8 Å². The van der Waals surface area contributed by atoms with Gasteiger partial charge in [0, 0.05) is 18.8 Å². The molecule has 0 saturated carbocycles. The molecular weight excluding hydrogens is 258 g/mol. The summed E-state index contributed by atoms with van der Waals surface area (Å²) in [4.78, 5) is 4.24. The van der Waals surface area contributed by atoms with Crippen LogP contribution in [0.5, 0.6) is 0 Å². The molecule has 0 amide bonds. The summed E-state index contributed by atoms with van der Waals surface area (Å²) in [6.45, 7) is 1.79. The van der Waals surface area contributed by atoms with Gasteiger partial charge >= 0.3 is 0 Å². The summed E-state index contributed by atoms with van der Waals surface area (Å²) in [5, 5.41) is 25.2. The first-order valence-corrected chi connectivity index (χ1v) is 5.74. The molecule has 0 aliphatic carbocycles. The zero-order valence-corrected chi connectivity index (χ0v) is 10.5. The highest BCUT2D eigenvalue weighted by Gasteiger charge is 2.06. The highest BCUT2D eigenvalue weighted by molar-refractivity contribution is 5.79. The van der Waals surface area contributed by atoms with Crippen molar-refractivity contribution < 1.29 is 4.42 Å². The summed E-state index contributed by atoms with van der Waals surface area (Å²) in [6, 6.07) is 7.46. The number of nitriles is 1. The number of hydrogen-bond donors (Lipinski definition) is 2. The number of allylic oxidation sites excluding steroid dienone is 1. The van der Waals surface area contributed by atoms with E-state index in [0.29, 0.717) is 5.89 Å². The Bertz CT molecular complexity index is 810. The second-order valence-corrected chi connectivity index (χ2v) is 3.96. The molecule has 0 aliphatic heterocycles. The van der Waals surface area contributed by atoms with Crippen LogP contribution in [0.1, 0.15) is 11.7 Å². The molecule has 8 heteroatoms. The van der Waals surface area contributed by atoms with Crippen LogP contribution in [0.2, 0.25) is 0 Å². The predicted molar refractivity (Wildman–Crippen MR) is 70.1 cm³/mol. The number of fused-ring (bicyclic) bond motifs is 1. The lowest BCUT2D eigenvalue weighted by molar-refractivity contribution is 0.561. The minimum atomic E-state index is 0.235. The lowest BCUT2D eigenvalue weighted by atomic mass is 10.2. The Morgan fingerprint density at radius 1 is 1.50 bits per heavy atom. The third-order valence-corrected chi connectivity index (χ3v) is 2.58. The molecule has 0 fully saturated rings. The Morgan fingerprint density at radius 3 is 3.15 bits per heavy atom. The number of nitrogens with one attached hydrogen (secondary N) is 2. The van der Waals surface area contributed by atoms with Crippen LogP contribution in [0.4, 0.5) is 5.69 Å². The molecule has 0 saturated heterocycles. The first-order chi connectivity index (χ1) is 9.76. The summed E-state index contributed by atoms with van der Waals surface area (Å²) in [6.07, 6.45) is 1.51. The van der Waals surface area contributed by atoms with Crippen molar-refractivity contribution in [3.05, 3.63) is 36.1 Å². The van der Waals surface area contributed by atoms with E-state index < -0.39 is 0 Å². The number of aromatic amines is 1. The Balaban J connectivity index is 1.87. The van der Waals surface area contributed by atoms with Gasteiger partial charge in [-0.05, 0) is 23.4 Å². The number of oxazole rings is 1. The number of benzene rings is 1. The largest absolute Gasteiger partial charge is 0.441 e. The normalized spacial score (nSPS) is 11.5. The van der Waals surface area contributed by atoms with Crippen LogP contribution < -0.4 is 5.32 Å². The van der Waals surface area contributed by atoms with Gasteiger partial charge in [0.1, 0.15) is 17.2 Å². The second kappa shape index (κ2) is 4.81. The van der Waals surface area contributed by atoms with Gasteiger partial charge in [0.2, 0.25) is 5.82 Å². The maximum atomic E-state index is 9.04. The van der Waals surface area contributed by atoms with Gasteiger partial charge in [0.05, 0.1) is 0 Å². The number of aromatic nitrogens is 5. The van der Waals surface area contributed by atoms with Gasteiger partial charge in [-0.25, -0.2) is 4.98 Å². The van der Waals surface area contributed by atoms with Gasteiger partial charge in [-0.2, -0.15) is 10.5 Å². The van der Waals surface area contributed by atoms with Crippen LogP contribution in [-0.4, -0.2) is 25.6 Å². The summed E-state index contributed by atoms with van der Waals surface area (Å²) >= 11 is 0. The molecule has 2 N–H and O–H groups in total. The summed E-state index contributed by atoms with van der Waals surface area (Å²) < 4.78 is 5.39. The van der Waals surface area contributed by atoms with Crippen LogP contribution in [0.3, 0.4) is 0 Å². The molecule has 0 unspecified atom stereocenters. The van der Waals surface area contributed by atoms with Crippen molar-refractivity contribution in [1.82, 2.24) is 25.6 Å². The fourth-order valence-corrected chi connectivity index (χ4v) is 1.71. The van der Waals surface area contributed by atoms with Gasteiger partial charge < -0.3 is 9.73 Å². The Labute approximate surface area is 113 Å². The van der Waals surface area contributed by atoms with Crippen molar-refractivity contribution in [2.75, 3.05) is 5.32 Å². The molecule has 0 atom stereocenters. The average Bonchev–Trinajstić information content (AvgIpc) is 3.07. The highest BCUT2D eigenvalue weighted by Crippen LogP contribution is 2.20. The molecule has 20 heavy (non-hydrogen) atoms. The van der Waals surface area contributed by atoms with Crippen LogP contribution in [-0.2, 0) is 0 Å². The van der Waals surface area contributed by atoms with Gasteiger partial charge in [0.25, 0.3) is 0 Å². The van der Waals surface area contributed by atoms with Crippen molar-refractivity contribution in [2.45, 2.75) is 6.92 Å². The minimum Gasteiger partial charge on any atom is -0.441 e. The van der Waals surface area contributed by atoms with Crippen molar-refractivity contribution in [3.8, 4) is 6.07 Å². The molecule has 0 aliphatic rings. The Hall–Kier alpha value is -3.21. The standard InChI is InChI=1S/C12H9N7O/c1-7-15-10-4-9(2-3-11(10)20-7)14-6-8(5-13)12-16-18-19-17-12/h2-4,6,14H,1H3,(H,16,17,18,19). The molecule has 98 valence electrons. The van der Waals surface area contributed by atoms with E-state index in [9.17, 15) is 0 Å². The molecule has 1 aromatic carbocycles. The van der Waals surface area contributed by atoms with E-state index in [4.69, 9.17) is 9.68 Å². The lowest BCUT2D eigenvalue weighted by Crippen LogP contribution is -1.92. The number of hydrogen-bond acceptors (Lipinski definition) is 7. The number of anilines is 1. The van der Waals surface area contributed by atoms with Crippen LogP contribution >= 0.6 is 0 Å². The number of aryl methyl sites for hydroxylation is 1. The smallest absolute Gasteiger partial charge is 0.216 e. The third kappa shape index (κ3) is 2.20. The SMILES string of the molecule is Cc1nc2cc(NC=C(C#N)c3nn[nH]n3)ccc2o1. The molecule has 2 aromatic heterocycles. The number of nitrogens with zero attached hydrogens (tertiary/aromatic N) is 5. The fourth-order valence-electron chi connectivity index (χ4n) is 1.71. The van der Waals surface area contributed by atoms with Crippen molar-refractivity contribution in [2.24, 2.45) is 0 Å². The van der Waals surface area contributed by atoms with E-state index in [-0.39, 0.29) is 11.4 Å². The minimum absolute atomic E-state index is 0.235. The van der Waals surface area contributed by atoms with E-state index >= 15 is 0 Å². The van der Waals surface area contributed by atoms with Gasteiger partial charge in [0.15, 0.2) is 11.5 Å². The van der Waals surface area contributed by atoms with E-state index in [1.54, 1.807) is 6.92 Å². The predicted octanol–water partition coefficient (Wildman–Crippen LogP) is 1.63. The zero-order chi connectivity index (χ0) is 13.9. The number of rotatable bonds is 3. The monoisotopic (exact) mass is 267 g/mol. The molecule has 0 bridgehead atoms. The van der Waals surface area contributed by atoms with Crippen molar-refractivity contribution in [1.29, 1.82) is 5.26 Å². The molecule has 3 aromatic rings. The van der Waals surface area contributed by atoms with Gasteiger partial charge in [-0.15, -0.1) is 10.2 Å². The number of H-pyrrole nitrogens is 1. The maximum Gasteiger partial charge on any atom is 0.216 e. The lowest BCUT2D eigenvalue weighted by Gasteiger charge is -2.00. The average molecular weight is 267 g/mol. The summed E-state index contributed by atoms with van der Waals surface area (Å²) in [5.41, 5.74) is 2.52. The Kier molecular flexibility index (Phi) is 2.85. The summed E-state index contributed by atoms with van der Waals surface area (Å²) in [7, 11) is 0. The maximum absolute atomic E-state index is 9.04. The molecule has 0 spiro atoms. The topological polar surface area (TPSA) is 116 Å². The molecule has 3 rings (SSSR count). The molecule has 2 heterocycles. The van der Waals surface area contributed by atoms with E-state index in [1.165, 1.54) is 6.20 Å². The first kappa shape index (κ1) is 11.9. The number of tetrazole rings is 1. The van der Waals surface area contributed by atoms with E-state index in [2.05, 4.69) is 30.9 Å². The van der Waals surface area contributed by atoms with E-state index in [0.717, 1.165) is 16.8 Å². The van der Waals surface area contributed by atoms with Crippen LogP contribution in [0, 0.1) is 18.3 Å². The van der Waals surface area contributed by atoms with E-state index in [1.807, 2.05) is 24.3 Å².